The van der Waals surface area contributed by atoms with E-state index >= 15 is 0 Å². The van der Waals surface area contributed by atoms with Crippen LogP contribution in [0.15, 0.2) is 63.8 Å². The maximum absolute atomic E-state index is 12.3. The summed E-state index contributed by atoms with van der Waals surface area (Å²) in [5.41, 5.74) is 0.974. The Kier molecular flexibility index (Phi) is 5.75. The van der Waals surface area contributed by atoms with Crippen molar-refractivity contribution in [3.63, 3.8) is 0 Å². The van der Waals surface area contributed by atoms with Crippen LogP contribution in [0.5, 0.6) is 11.5 Å². The molecule has 0 bridgehead atoms. The summed E-state index contributed by atoms with van der Waals surface area (Å²) >= 11 is 3.45. The number of hydrogen-bond donors (Lipinski definition) is 0. The molecule has 0 fully saturated rings. The van der Waals surface area contributed by atoms with Crippen LogP contribution in [0.2, 0.25) is 0 Å². The second kappa shape index (κ2) is 8.49. The quantitative estimate of drug-likeness (QED) is 0.351. The highest BCUT2D eigenvalue weighted by Gasteiger charge is 2.40. The minimum Gasteiger partial charge on any atom is -0.495 e. The van der Waals surface area contributed by atoms with Gasteiger partial charge in [0.25, 0.3) is 0 Å². The van der Waals surface area contributed by atoms with Crippen molar-refractivity contribution in [3.05, 3.63) is 70.9 Å². The molecular weight excluding hydrogens is 464 g/mol. The van der Waals surface area contributed by atoms with Crippen molar-refractivity contribution in [2.24, 2.45) is 0 Å². The monoisotopic (exact) mass is 482 g/mol. The lowest BCUT2D eigenvalue weighted by Crippen LogP contribution is -2.32. The number of fused-ring (bicyclic) bond motifs is 1. The molecule has 31 heavy (non-hydrogen) atoms. The molecule has 0 N–H and O–H groups in total. The maximum Gasteiger partial charge on any atom is 0.239 e. The summed E-state index contributed by atoms with van der Waals surface area (Å²) in [7, 11) is 4.55. The van der Waals surface area contributed by atoms with Crippen LogP contribution in [-0.4, -0.2) is 37.6 Å². The van der Waals surface area contributed by atoms with Gasteiger partial charge < -0.3 is 18.6 Å². The molecule has 2 aromatic carbocycles. The van der Waals surface area contributed by atoms with E-state index in [1.807, 2.05) is 30.3 Å². The van der Waals surface area contributed by atoms with E-state index in [4.69, 9.17) is 18.6 Å². The molecule has 1 atom stereocenters. The topological polar surface area (TPSA) is 83.7 Å². The van der Waals surface area contributed by atoms with Crippen LogP contribution in [0.4, 0.5) is 0 Å². The minimum absolute atomic E-state index is 0.0953. The van der Waals surface area contributed by atoms with Crippen molar-refractivity contribution in [2.45, 2.75) is 5.60 Å². The maximum atomic E-state index is 12.3. The molecule has 0 saturated carbocycles. The Morgan fingerprint density at radius 2 is 1.77 bits per heavy atom. The van der Waals surface area contributed by atoms with Gasteiger partial charge in [-0.05, 0) is 40.2 Å². The number of pyridine rings is 1. The van der Waals surface area contributed by atoms with Gasteiger partial charge in [-0.15, -0.1) is 0 Å². The highest BCUT2D eigenvalue weighted by atomic mass is 79.9. The zero-order valence-corrected chi connectivity index (χ0v) is 18.7. The van der Waals surface area contributed by atoms with Crippen LogP contribution in [0.3, 0.4) is 0 Å². The number of rotatable bonds is 7. The fraction of sp³-hybridized carbons (Fsp3) is 0.174. The van der Waals surface area contributed by atoms with Gasteiger partial charge in [-0.25, -0.2) is 4.98 Å². The summed E-state index contributed by atoms with van der Waals surface area (Å²) < 4.78 is 22.9. The molecule has 0 spiro atoms. The standard InChI is InChI=1S/C23H19BrN2O5/c1-28-19-9-15(10-20(29-2)21(19)24)18-12-31-22(26-18)23(13-27,30-3)16-8-14-6-4-5-7-17(14)25-11-16/h4-13H,1-3H3. The highest BCUT2D eigenvalue weighted by Crippen LogP contribution is 2.40. The summed E-state index contributed by atoms with van der Waals surface area (Å²) in [6.07, 6.45) is 3.72. The summed E-state index contributed by atoms with van der Waals surface area (Å²) in [5, 5.41) is 0.873. The zero-order valence-electron chi connectivity index (χ0n) is 17.1. The number of carbonyl (C=O) groups is 1. The normalized spacial score (nSPS) is 13.0. The number of para-hydroxylation sites is 1. The van der Waals surface area contributed by atoms with Gasteiger partial charge in [0.2, 0.25) is 11.5 Å². The number of benzene rings is 2. The van der Waals surface area contributed by atoms with E-state index in [9.17, 15) is 4.79 Å². The van der Waals surface area contributed by atoms with Gasteiger partial charge in [-0.1, -0.05) is 18.2 Å². The summed E-state index contributed by atoms with van der Waals surface area (Å²) in [6, 6.07) is 13.0. The third-order valence-electron chi connectivity index (χ3n) is 5.07. The van der Waals surface area contributed by atoms with Gasteiger partial charge in [-0.2, -0.15) is 0 Å². The molecule has 4 rings (SSSR count). The molecule has 158 valence electrons. The van der Waals surface area contributed by atoms with Crippen LogP contribution in [0, 0.1) is 0 Å². The number of aromatic nitrogens is 2. The van der Waals surface area contributed by atoms with Crippen molar-refractivity contribution >= 4 is 33.1 Å². The second-order valence-electron chi connectivity index (χ2n) is 6.71. The first-order valence-electron chi connectivity index (χ1n) is 9.31. The lowest BCUT2D eigenvalue weighted by molar-refractivity contribution is -0.126. The first-order valence-corrected chi connectivity index (χ1v) is 10.1. The van der Waals surface area contributed by atoms with Gasteiger partial charge in [-0.3, -0.25) is 9.78 Å². The Balaban J connectivity index is 1.82. The SMILES string of the molecule is COc1cc(-c2coc(C(C=O)(OC)c3cnc4ccccc4c3)n2)cc(OC)c1Br. The summed E-state index contributed by atoms with van der Waals surface area (Å²) in [5.74, 6) is 1.25. The van der Waals surface area contributed by atoms with E-state index < -0.39 is 5.60 Å². The van der Waals surface area contributed by atoms with Gasteiger partial charge in [0.1, 0.15) is 27.9 Å². The third-order valence-corrected chi connectivity index (χ3v) is 5.85. The van der Waals surface area contributed by atoms with Gasteiger partial charge in [0.15, 0.2) is 6.29 Å². The van der Waals surface area contributed by atoms with E-state index in [-0.39, 0.29) is 5.89 Å². The van der Waals surface area contributed by atoms with E-state index in [1.54, 1.807) is 32.5 Å². The van der Waals surface area contributed by atoms with E-state index in [1.165, 1.54) is 13.4 Å². The molecule has 8 heteroatoms. The van der Waals surface area contributed by atoms with Crippen LogP contribution in [0.25, 0.3) is 22.2 Å². The lowest BCUT2D eigenvalue weighted by atomic mass is 9.95. The molecule has 1 unspecified atom stereocenters. The van der Waals surface area contributed by atoms with Gasteiger partial charge in [0, 0.05) is 29.8 Å². The molecule has 2 aromatic heterocycles. The average molecular weight is 483 g/mol. The molecule has 2 heterocycles. The number of nitrogens with zero attached hydrogens (tertiary/aromatic N) is 2. The van der Waals surface area contributed by atoms with Crippen LogP contribution >= 0.6 is 15.9 Å². The molecule has 0 saturated heterocycles. The van der Waals surface area contributed by atoms with Gasteiger partial charge >= 0.3 is 0 Å². The van der Waals surface area contributed by atoms with Crippen molar-refractivity contribution in [3.8, 4) is 22.8 Å². The Morgan fingerprint density at radius 1 is 1.06 bits per heavy atom. The van der Waals surface area contributed by atoms with Gasteiger partial charge in [0.05, 0.1) is 19.7 Å². The number of methoxy groups -OCH3 is 3. The summed E-state index contributed by atoms with van der Waals surface area (Å²) in [6.45, 7) is 0. The highest BCUT2D eigenvalue weighted by molar-refractivity contribution is 9.10. The number of hydrogen-bond acceptors (Lipinski definition) is 7. The van der Waals surface area contributed by atoms with Crippen molar-refractivity contribution in [2.75, 3.05) is 21.3 Å². The van der Waals surface area contributed by atoms with E-state index in [0.717, 1.165) is 10.9 Å². The molecule has 0 radical (unpaired) electrons. The predicted octanol–water partition coefficient (Wildman–Crippen LogP) is 4.76. The molecule has 0 aliphatic heterocycles. The molecule has 4 aromatic rings. The fourth-order valence-electron chi connectivity index (χ4n) is 3.36. The first kappa shape index (κ1) is 21.0. The summed E-state index contributed by atoms with van der Waals surface area (Å²) in [4.78, 5) is 21.3. The molecule has 0 amide bonds. The number of carbonyl (C=O) groups excluding carboxylic acids is 1. The first-order chi connectivity index (χ1) is 15.1. The van der Waals surface area contributed by atoms with E-state index in [2.05, 4.69) is 25.9 Å². The van der Waals surface area contributed by atoms with Crippen molar-refractivity contribution in [1.29, 1.82) is 0 Å². The van der Waals surface area contributed by atoms with Crippen LogP contribution < -0.4 is 9.47 Å². The second-order valence-corrected chi connectivity index (χ2v) is 7.50. The fourth-order valence-corrected chi connectivity index (χ4v) is 3.92. The Bertz CT molecular complexity index is 1230. The molecule has 7 nitrogen and oxygen atoms in total. The van der Waals surface area contributed by atoms with Crippen molar-refractivity contribution < 1.29 is 23.4 Å². The van der Waals surface area contributed by atoms with Crippen molar-refractivity contribution in [1.82, 2.24) is 9.97 Å². The molecule has 0 aliphatic rings. The van der Waals surface area contributed by atoms with E-state index in [0.29, 0.717) is 39.1 Å². The number of ether oxygens (including phenoxy) is 3. The Hall–Kier alpha value is -3.23. The number of aldehydes is 1. The zero-order chi connectivity index (χ0) is 22.0. The predicted molar refractivity (Wildman–Crippen MR) is 118 cm³/mol. The Morgan fingerprint density at radius 3 is 2.42 bits per heavy atom. The molecule has 0 aliphatic carbocycles. The molecular formula is C23H19BrN2O5. The third kappa shape index (κ3) is 3.58. The Labute approximate surface area is 187 Å². The lowest BCUT2D eigenvalue weighted by Gasteiger charge is -2.23. The minimum atomic E-state index is -1.54. The number of oxazole rings is 1. The smallest absolute Gasteiger partial charge is 0.239 e. The van der Waals surface area contributed by atoms with Crippen LogP contribution in [0.1, 0.15) is 11.5 Å². The average Bonchev–Trinajstić information content (AvgIpc) is 3.31. The largest absolute Gasteiger partial charge is 0.495 e. The van der Waals surface area contributed by atoms with Crippen LogP contribution in [-0.2, 0) is 15.1 Å². The number of halogens is 1.